The Morgan fingerprint density at radius 2 is 2.26 bits per heavy atom. The van der Waals surface area contributed by atoms with Crippen molar-refractivity contribution in [3.05, 3.63) is 51.0 Å². The van der Waals surface area contributed by atoms with Crippen LogP contribution in [0.2, 0.25) is 5.02 Å². The third-order valence-corrected chi connectivity index (χ3v) is 3.81. The Kier molecular flexibility index (Phi) is 4.60. The van der Waals surface area contributed by atoms with E-state index in [0.717, 1.165) is 10.2 Å². The van der Waals surface area contributed by atoms with E-state index in [-0.39, 0.29) is 11.9 Å². The summed E-state index contributed by atoms with van der Waals surface area (Å²) in [6, 6.07) is 4.42. The molecule has 1 unspecified atom stereocenters. The molecule has 102 valence electrons. The van der Waals surface area contributed by atoms with Crippen molar-refractivity contribution in [1.29, 1.82) is 0 Å². The van der Waals surface area contributed by atoms with Crippen LogP contribution in [0.25, 0.3) is 0 Å². The minimum Gasteiger partial charge on any atom is -0.308 e. The quantitative estimate of drug-likeness (QED) is 0.913. The summed E-state index contributed by atoms with van der Waals surface area (Å²) in [6.45, 7) is 2.71. The van der Waals surface area contributed by atoms with Crippen LogP contribution in [0, 0.1) is 5.82 Å². The summed E-state index contributed by atoms with van der Waals surface area (Å²) in [4.78, 5) is 0. The first-order chi connectivity index (χ1) is 9.08. The largest absolute Gasteiger partial charge is 0.308 e. The molecule has 0 radical (unpaired) electrons. The maximum atomic E-state index is 14.1. The van der Waals surface area contributed by atoms with Gasteiger partial charge in [-0.25, -0.2) is 4.39 Å². The molecule has 0 amide bonds. The molecule has 0 saturated heterocycles. The number of aryl methyl sites for hydroxylation is 1. The summed E-state index contributed by atoms with van der Waals surface area (Å²) < 4.78 is 16.8. The van der Waals surface area contributed by atoms with Gasteiger partial charge in [0, 0.05) is 17.1 Å². The van der Waals surface area contributed by atoms with Gasteiger partial charge in [-0.2, -0.15) is 5.10 Å². The van der Waals surface area contributed by atoms with Gasteiger partial charge in [0.15, 0.2) is 0 Å². The van der Waals surface area contributed by atoms with Crippen LogP contribution in [0.4, 0.5) is 4.39 Å². The highest BCUT2D eigenvalue weighted by molar-refractivity contribution is 9.10. The summed E-state index contributed by atoms with van der Waals surface area (Å²) in [5, 5.41) is 7.77. The van der Waals surface area contributed by atoms with Gasteiger partial charge >= 0.3 is 0 Å². The smallest absolute Gasteiger partial charge is 0.129 e. The first-order valence-electron chi connectivity index (χ1n) is 5.91. The van der Waals surface area contributed by atoms with Crippen LogP contribution in [0.15, 0.2) is 28.9 Å². The highest BCUT2D eigenvalue weighted by Crippen LogP contribution is 2.30. The minimum absolute atomic E-state index is 0.283. The molecule has 0 bridgehead atoms. The molecule has 6 heteroatoms. The van der Waals surface area contributed by atoms with Crippen molar-refractivity contribution in [2.75, 3.05) is 7.05 Å². The first-order valence-corrected chi connectivity index (χ1v) is 7.09. The molecule has 0 spiro atoms. The molecule has 0 aliphatic carbocycles. The monoisotopic (exact) mass is 345 g/mol. The Hall–Kier alpha value is -0.910. The third kappa shape index (κ3) is 2.83. The third-order valence-electron chi connectivity index (χ3n) is 2.97. The van der Waals surface area contributed by atoms with Crippen molar-refractivity contribution in [3.63, 3.8) is 0 Å². The van der Waals surface area contributed by atoms with Crippen LogP contribution in [0.3, 0.4) is 0 Å². The van der Waals surface area contributed by atoms with Crippen LogP contribution in [0.1, 0.15) is 24.2 Å². The lowest BCUT2D eigenvalue weighted by Crippen LogP contribution is -2.22. The predicted octanol–water partition coefficient (Wildman–Crippen LogP) is 3.77. The van der Waals surface area contributed by atoms with Gasteiger partial charge < -0.3 is 5.32 Å². The van der Waals surface area contributed by atoms with Crippen molar-refractivity contribution >= 4 is 27.5 Å². The zero-order chi connectivity index (χ0) is 14.0. The Balaban J connectivity index is 2.52. The Morgan fingerprint density at radius 1 is 1.53 bits per heavy atom. The molecule has 1 atom stereocenters. The van der Waals surface area contributed by atoms with Gasteiger partial charge in [0.2, 0.25) is 0 Å². The standard InChI is InChI=1S/C13H14BrClFN3/c1-3-19-13(10(14)7-18-19)12(17-2)9-5-4-8(15)6-11(9)16/h4-7,12,17H,3H2,1-2H3. The van der Waals surface area contributed by atoms with Crippen molar-refractivity contribution in [3.8, 4) is 0 Å². The Bertz CT molecular complexity index is 585. The molecule has 1 heterocycles. The topological polar surface area (TPSA) is 29.9 Å². The zero-order valence-electron chi connectivity index (χ0n) is 10.6. The highest BCUT2D eigenvalue weighted by Gasteiger charge is 2.22. The number of nitrogens with zero attached hydrogens (tertiary/aromatic N) is 2. The first kappa shape index (κ1) is 14.5. The summed E-state index contributed by atoms with van der Waals surface area (Å²) >= 11 is 9.26. The highest BCUT2D eigenvalue weighted by atomic mass is 79.9. The lowest BCUT2D eigenvalue weighted by atomic mass is 10.0. The van der Waals surface area contributed by atoms with E-state index < -0.39 is 0 Å². The fourth-order valence-electron chi connectivity index (χ4n) is 2.09. The second-order valence-corrected chi connectivity index (χ2v) is 5.37. The number of hydrogen-bond donors (Lipinski definition) is 1. The summed E-state index contributed by atoms with van der Waals surface area (Å²) in [6.07, 6.45) is 1.72. The van der Waals surface area contributed by atoms with Gasteiger partial charge in [0.25, 0.3) is 0 Å². The average Bonchev–Trinajstić information content (AvgIpc) is 2.74. The molecule has 0 aliphatic heterocycles. The maximum absolute atomic E-state index is 14.1. The number of halogens is 3. The minimum atomic E-state index is -0.331. The van der Waals surface area contributed by atoms with Crippen molar-refractivity contribution in [2.24, 2.45) is 0 Å². The molecule has 2 aromatic rings. The molecule has 0 saturated carbocycles. The van der Waals surface area contributed by atoms with Crippen LogP contribution in [-0.2, 0) is 6.54 Å². The fraction of sp³-hybridized carbons (Fsp3) is 0.308. The second kappa shape index (κ2) is 6.03. The van der Waals surface area contributed by atoms with Crippen molar-refractivity contribution < 1.29 is 4.39 Å². The average molecular weight is 347 g/mol. The Morgan fingerprint density at radius 3 is 2.84 bits per heavy atom. The van der Waals surface area contributed by atoms with Gasteiger partial charge in [-0.1, -0.05) is 17.7 Å². The van der Waals surface area contributed by atoms with Crippen molar-refractivity contribution in [1.82, 2.24) is 15.1 Å². The second-order valence-electron chi connectivity index (χ2n) is 4.08. The van der Waals surface area contributed by atoms with Gasteiger partial charge in [0.1, 0.15) is 5.82 Å². The van der Waals surface area contributed by atoms with E-state index >= 15 is 0 Å². The molecule has 3 nitrogen and oxygen atoms in total. The molecule has 1 aromatic carbocycles. The lowest BCUT2D eigenvalue weighted by Gasteiger charge is -2.19. The molecule has 19 heavy (non-hydrogen) atoms. The maximum Gasteiger partial charge on any atom is 0.129 e. The van der Waals surface area contributed by atoms with E-state index in [4.69, 9.17) is 11.6 Å². The van der Waals surface area contributed by atoms with E-state index in [2.05, 4.69) is 26.3 Å². The van der Waals surface area contributed by atoms with Crippen molar-refractivity contribution in [2.45, 2.75) is 19.5 Å². The Labute approximate surface area is 124 Å². The molecule has 0 fully saturated rings. The normalized spacial score (nSPS) is 12.7. The van der Waals surface area contributed by atoms with E-state index in [1.54, 1.807) is 25.4 Å². The fourth-order valence-corrected chi connectivity index (χ4v) is 2.77. The molecule has 1 N–H and O–H groups in total. The van der Waals surface area contributed by atoms with Crippen LogP contribution in [-0.4, -0.2) is 16.8 Å². The SMILES string of the molecule is CCn1ncc(Br)c1C(NC)c1ccc(Cl)cc1F. The van der Waals surface area contributed by atoms with Crippen LogP contribution in [0.5, 0.6) is 0 Å². The summed E-state index contributed by atoms with van der Waals surface area (Å²) in [5.74, 6) is -0.331. The number of benzene rings is 1. The number of aromatic nitrogens is 2. The number of hydrogen-bond acceptors (Lipinski definition) is 2. The number of rotatable bonds is 4. The molecule has 0 aliphatic rings. The van der Waals surface area contributed by atoms with Gasteiger partial charge in [-0.15, -0.1) is 0 Å². The number of nitrogens with one attached hydrogen (secondary N) is 1. The van der Waals surface area contributed by atoms with Gasteiger partial charge in [-0.05, 0) is 42.0 Å². The van der Waals surface area contributed by atoms with Crippen LogP contribution >= 0.6 is 27.5 Å². The molecule has 1 aromatic heterocycles. The summed E-state index contributed by atoms with van der Waals surface area (Å²) in [5.41, 5.74) is 1.44. The van der Waals surface area contributed by atoms with Gasteiger partial charge in [0.05, 0.1) is 22.4 Å². The van der Waals surface area contributed by atoms with Crippen LogP contribution < -0.4 is 5.32 Å². The molecular formula is C13H14BrClFN3. The van der Waals surface area contributed by atoms with E-state index in [9.17, 15) is 4.39 Å². The van der Waals surface area contributed by atoms with E-state index in [1.807, 2.05) is 11.6 Å². The summed E-state index contributed by atoms with van der Waals surface area (Å²) in [7, 11) is 1.79. The van der Waals surface area contributed by atoms with E-state index in [0.29, 0.717) is 17.1 Å². The predicted molar refractivity (Wildman–Crippen MR) is 77.9 cm³/mol. The zero-order valence-corrected chi connectivity index (χ0v) is 13.0. The van der Waals surface area contributed by atoms with E-state index in [1.165, 1.54) is 6.07 Å². The molecule has 2 rings (SSSR count). The lowest BCUT2D eigenvalue weighted by molar-refractivity contribution is 0.532. The molecular weight excluding hydrogens is 333 g/mol. The van der Waals surface area contributed by atoms with Gasteiger partial charge in [-0.3, -0.25) is 4.68 Å².